The van der Waals surface area contributed by atoms with Crippen molar-refractivity contribution >= 4 is 30.1 Å². The van der Waals surface area contributed by atoms with Gasteiger partial charge in [0.2, 0.25) is 0 Å². The largest absolute Gasteiger partial charge is 0.489 e. The van der Waals surface area contributed by atoms with Crippen molar-refractivity contribution in [3.8, 4) is 0 Å². The zero-order chi connectivity index (χ0) is 14.3. The van der Waals surface area contributed by atoms with Crippen LogP contribution < -0.4 is 10.8 Å². The second kappa shape index (κ2) is 8.20. The summed E-state index contributed by atoms with van der Waals surface area (Å²) in [5, 5.41) is 21.3. The molecule has 0 aliphatic heterocycles. The molecule has 1 aromatic carbocycles. The molecule has 6 heteroatoms. The van der Waals surface area contributed by atoms with Gasteiger partial charge in [0.1, 0.15) is 0 Å². The Labute approximate surface area is 118 Å². The summed E-state index contributed by atoms with van der Waals surface area (Å²) in [7, 11) is -1.68. The first-order valence-electron chi connectivity index (χ1n) is 6.50. The van der Waals surface area contributed by atoms with Gasteiger partial charge in [-0.1, -0.05) is 37.8 Å². The van der Waals surface area contributed by atoms with E-state index in [4.69, 9.17) is 21.6 Å². The third-order valence-corrected chi connectivity index (χ3v) is 3.20. The number of halogens is 1. The molecule has 0 saturated heterocycles. The van der Waals surface area contributed by atoms with E-state index in [1.807, 2.05) is 0 Å². The minimum atomic E-state index is -1.68. The minimum absolute atomic E-state index is 0.139. The summed E-state index contributed by atoms with van der Waals surface area (Å²) < 4.78 is 0. The number of nitrogens with one attached hydrogen (secondary N) is 1. The van der Waals surface area contributed by atoms with Gasteiger partial charge >= 0.3 is 7.12 Å². The molecule has 1 amide bonds. The molecule has 0 aliphatic carbocycles. The quantitative estimate of drug-likeness (QED) is 0.522. The Morgan fingerprint density at radius 1 is 1.32 bits per heavy atom. The molecule has 0 saturated carbocycles. The zero-order valence-electron chi connectivity index (χ0n) is 11.0. The average Bonchev–Trinajstić information content (AvgIpc) is 2.38. The number of unbranched alkanes of at least 4 members (excludes halogenated alkanes) is 3. The van der Waals surface area contributed by atoms with Crippen molar-refractivity contribution in [3.05, 3.63) is 28.8 Å². The maximum Gasteiger partial charge on any atom is 0.489 e. The Morgan fingerprint density at radius 3 is 2.68 bits per heavy atom. The maximum atomic E-state index is 11.8. The van der Waals surface area contributed by atoms with E-state index >= 15 is 0 Å². The zero-order valence-corrected chi connectivity index (χ0v) is 11.8. The van der Waals surface area contributed by atoms with Crippen LogP contribution >= 0.6 is 11.6 Å². The van der Waals surface area contributed by atoms with Crippen LogP contribution in [0, 0.1) is 0 Å². The van der Waals surface area contributed by atoms with Crippen molar-refractivity contribution in [2.24, 2.45) is 0 Å². The molecule has 4 nitrogen and oxygen atoms in total. The summed E-state index contributed by atoms with van der Waals surface area (Å²) in [5.74, 6) is -0.227. The highest BCUT2D eigenvalue weighted by Gasteiger charge is 2.17. The SMILES string of the molecule is CCCCCCNC(=O)c1ccc(Cl)c(B(O)O)c1. The number of hydrogen-bond acceptors (Lipinski definition) is 3. The molecular formula is C13H19BClNO3. The van der Waals surface area contributed by atoms with Gasteiger partial charge in [0, 0.05) is 22.6 Å². The van der Waals surface area contributed by atoms with Crippen LogP contribution in [0.5, 0.6) is 0 Å². The molecule has 0 aromatic heterocycles. The maximum absolute atomic E-state index is 11.8. The smallest absolute Gasteiger partial charge is 0.423 e. The van der Waals surface area contributed by atoms with Gasteiger partial charge < -0.3 is 15.4 Å². The van der Waals surface area contributed by atoms with Crippen molar-refractivity contribution < 1.29 is 14.8 Å². The molecule has 1 aromatic rings. The van der Waals surface area contributed by atoms with Gasteiger partial charge in [-0.25, -0.2) is 0 Å². The van der Waals surface area contributed by atoms with Crippen molar-refractivity contribution in [2.75, 3.05) is 6.54 Å². The fourth-order valence-electron chi connectivity index (χ4n) is 1.74. The summed E-state index contributed by atoms with van der Waals surface area (Å²) in [5.41, 5.74) is 0.517. The Morgan fingerprint density at radius 2 is 2.05 bits per heavy atom. The van der Waals surface area contributed by atoms with Crippen LogP contribution in [-0.4, -0.2) is 29.6 Å². The van der Waals surface area contributed by atoms with Crippen LogP contribution in [0.2, 0.25) is 5.02 Å². The van der Waals surface area contributed by atoms with Crippen LogP contribution in [0.1, 0.15) is 43.0 Å². The topological polar surface area (TPSA) is 69.6 Å². The second-order valence-corrected chi connectivity index (χ2v) is 4.83. The fraction of sp³-hybridized carbons (Fsp3) is 0.462. The lowest BCUT2D eigenvalue weighted by atomic mass is 9.79. The molecule has 19 heavy (non-hydrogen) atoms. The highest BCUT2D eigenvalue weighted by molar-refractivity contribution is 6.62. The van der Waals surface area contributed by atoms with Crippen LogP contribution in [-0.2, 0) is 0 Å². The van der Waals surface area contributed by atoms with Crippen molar-refractivity contribution in [1.82, 2.24) is 5.32 Å². The summed E-state index contributed by atoms with van der Waals surface area (Å²) in [4.78, 5) is 11.8. The Bertz CT molecular complexity index is 426. The minimum Gasteiger partial charge on any atom is -0.423 e. The van der Waals surface area contributed by atoms with Gasteiger partial charge in [0.15, 0.2) is 0 Å². The Kier molecular flexibility index (Phi) is 6.91. The van der Waals surface area contributed by atoms with E-state index in [0.717, 1.165) is 25.7 Å². The van der Waals surface area contributed by atoms with Crippen molar-refractivity contribution in [3.63, 3.8) is 0 Å². The number of carbonyl (C=O) groups excluding carboxylic acids is 1. The molecule has 0 spiro atoms. The van der Waals surface area contributed by atoms with E-state index in [2.05, 4.69) is 12.2 Å². The van der Waals surface area contributed by atoms with Gasteiger partial charge in [0.25, 0.3) is 5.91 Å². The first-order valence-corrected chi connectivity index (χ1v) is 6.87. The van der Waals surface area contributed by atoms with E-state index < -0.39 is 7.12 Å². The van der Waals surface area contributed by atoms with Crippen LogP contribution in [0.25, 0.3) is 0 Å². The Balaban J connectivity index is 2.55. The number of carbonyl (C=O) groups is 1. The number of rotatable bonds is 7. The molecular weight excluding hydrogens is 264 g/mol. The second-order valence-electron chi connectivity index (χ2n) is 4.43. The predicted molar refractivity (Wildman–Crippen MR) is 77.8 cm³/mol. The third kappa shape index (κ3) is 5.23. The molecule has 1 rings (SSSR count). The lowest BCUT2D eigenvalue weighted by molar-refractivity contribution is 0.0953. The third-order valence-electron chi connectivity index (χ3n) is 2.85. The standard InChI is InChI=1S/C13H19BClNO3/c1-2-3-4-5-8-16-13(17)10-6-7-12(15)11(9-10)14(18)19/h6-7,9,18-19H,2-5,8H2,1H3,(H,16,17). The molecule has 104 valence electrons. The molecule has 0 unspecified atom stereocenters. The van der Waals surface area contributed by atoms with Gasteiger partial charge in [-0.05, 0) is 24.6 Å². The van der Waals surface area contributed by atoms with E-state index in [1.54, 1.807) is 6.07 Å². The molecule has 0 radical (unpaired) electrons. The van der Waals surface area contributed by atoms with Gasteiger partial charge in [-0.15, -0.1) is 0 Å². The number of amides is 1. The van der Waals surface area contributed by atoms with E-state index in [-0.39, 0.29) is 16.4 Å². The van der Waals surface area contributed by atoms with Crippen LogP contribution in [0.3, 0.4) is 0 Å². The molecule has 0 fully saturated rings. The summed E-state index contributed by atoms with van der Waals surface area (Å²) in [6.07, 6.45) is 4.36. The molecule has 3 N–H and O–H groups in total. The van der Waals surface area contributed by atoms with Crippen LogP contribution in [0.15, 0.2) is 18.2 Å². The average molecular weight is 284 g/mol. The molecule has 0 heterocycles. The summed E-state index contributed by atoms with van der Waals surface area (Å²) >= 11 is 5.81. The molecule has 0 bridgehead atoms. The van der Waals surface area contributed by atoms with Gasteiger partial charge in [0.05, 0.1) is 0 Å². The summed E-state index contributed by atoms with van der Waals surface area (Å²) in [6.45, 7) is 2.76. The van der Waals surface area contributed by atoms with E-state index in [9.17, 15) is 4.79 Å². The first kappa shape index (κ1) is 16.0. The Hall–Kier alpha value is -1.04. The highest BCUT2D eigenvalue weighted by atomic mass is 35.5. The monoisotopic (exact) mass is 283 g/mol. The van der Waals surface area contributed by atoms with E-state index in [1.165, 1.54) is 12.1 Å². The van der Waals surface area contributed by atoms with Crippen molar-refractivity contribution in [1.29, 1.82) is 0 Å². The summed E-state index contributed by atoms with van der Waals surface area (Å²) in [6, 6.07) is 4.45. The van der Waals surface area contributed by atoms with Crippen LogP contribution in [0.4, 0.5) is 0 Å². The highest BCUT2D eigenvalue weighted by Crippen LogP contribution is 2.08. The normalized spacial score (nSPS) is 10.3. The fourth-order valence-corrected chi connectivity index (χ4v) is 1.95. The van der Waals surface area contributed by atoms with Gasteiger partial charge in [-0.3, -0.25) is 4.79 Å². The van der Waals surface area contributed by atoms with E-state index in [0.29, 0.717) is 12.1 Å². The van der Waals surface area contributed by atoms with Crippen molar-refractivity contribution in [2.45, 2.75) is 32.6 Å². The molecule has 0 atom stereocenters. The number of hydrogen-bond donors (Lipinski definition) is 3. The number of benzene rings is 1. The lowest BCUT2D eigenvalue weighted by Gasteiger charge is -2.08. The first-order chi connectivity index (χ1) is 9.06. The predicted octanol–water partition coefficient (Wildman–Crippen LogP) is 1.33. The lowest BCUT2D eigenvalue weighted by Crippen LogP contribution is -2.33. The van der Waals surface area contributed by atoms with Gasteiger partial charge in [-0.2, -0.15) is 0 Å². The molecule has 0 aliphatic rings.